The Labute approximate surface area is 128 Å². The molecule has 0 radical (unpaired) electrons. The summed E-state index contributed by atoms with van der Waals surface area (Å²) in [6.45, 7) is 1.94. The van der Waals surface area contributed by atoms with Gasteiger partial charge in [0.1, 0.15) is 9.84 Å². The molecular weight excluding hydrogens is 284 g/mol. The Morgan fingerprint density at radius 2 is 2.10 bits per heavy atom. The number of rotatable bonds is 6. The fourth-order valence-electron chi connectivity index (χ4n) is 3.01. The van der Waals surface area contributed by atoms with Gasteiger partial charge in [-0.25, -0.2) is 8.42 Å². The van der Waals surface area contributed by atoms with Crippen LogP contribution < -0.4 is 4.90 Å². The molecule has 0 spiro atoms. The molecule has 1 saturated heterocycles. The molecule has 1 fully saturated rings. The predicted molar refractivity (Wildman–Crippen MR) is 88.6 cm³/mol. The fourth-order valence-corrected chi connectivity index (χ4v) is 3.66. The summed E-state index contributed by atoms with van der Waals surface area (Å²) in [4.78, 5) is 4.55. The smallest absolute Gasteiger partial charge is 0.147 e. The van der Waals surface area contributed by atoms with Crippen molar-refractivity contribution >= 4 is 15.5 Å². The van der Waals surface area contributed by atoms with Crippen molar-refractivity contribution in [3.63, 3.8) is 0 Å². The van der Waals surface area contributed by atoms with Crippen LogP contribution in [0.2, 0.25) is 0 Å². The highest BCUT2D eigenvalue weighted by Gasteiger charge is 2.25. The molecule has 118 valence electrons. The van der Waals surface area contributed by atoms with Gasteiger partial charge in [-0.15, -0.1) is 0 Å². The standard InChI is InChI=1S/C16H26N2O2S/c1-17(2)15-8-4-7-14(13-15)16-9-5-10-18(16)11-6-12-21(3,19)20/h4,7-8,13,16H,5-6,9-12H2,1-3H3. The van der Waals surface area contributed by atoms with Crippen molar-refractivity contribution in [2.45, 2.75) is 25.3 Å². The number of likely N-dealkylation sites (tertiary alicyclic amines) is 1. The van der Waals surface area contributed by atoms with Crippen molar-refractivity contribution in [1.82, 2.24) is 4.90 Å². The largest absolute Gasteiger partial charge is 0.378 e. The molecule has 1 atom stereocenters. The Kier molecular flexibility index (Phi) is 5.27. The molecule has 0 aromatic heterocycles. The lowest BCUT2D eigenvalue weighted by Crippen LogP contribution is -2.26. The SMILES string of the molecule is CN(C)c1cccc(C2CCCN2CCCS(C)(=O)=O)c1. The summed E-state index contributed by atoms with van der Waals surface area (Å²) in [5, 5.41) is 0. The molecule has 1 heterocycles. The average molecular weight is 310 g/mol. The van der Waals surface area contributed by atoms with Gasteiger partial charge in [0, 0.05) is 32.1 Å². The minimum absolute atomic E-state index is 0.286. The molecule has 0 N–H and O–H groups in total. The van der Waals surface area contributed by atoms with E-state index >= 15 is 0 Å². The molecule has 5 heteroatoms. The van der Waals surface area contributed by atoms with Crippen molar-refractivity contribution < 1.29 is 8.42 Å². The highest BCUT2D eigenvalue weighted by Crippen LogP contribution is 2.33. The maximum absolute atomic E-state index is 11.3. The van der Waals surface area contributed by atoms with Gasteiger partial charge >= 0.3 is 0 Å². The average Bonchev–Trinajstić information content (AvgIpc) is 2.86. The van der Waals surface area contributed by atoms with Crippen LogP contribution in [-0.4, -0.2) is 52.5 Å². The second kappa shape index (κ2) is 6.79. The number of sulfone groups is 1. The Balaban J connectivity index is 2.03. The maximum Gasteiger partial charge on any atom is 0.147 e. The zero-order valence-electron chi connectivity index (χ0n) is 13.2. The van der Waals surface area contributed by atoms with Gasteiger partial charge in [0.05, 0.1) is 5.75 Å². The van der Waals surface area contributed by atoms with Crippen LogP contribution in [0.3, 0.4) is 0 Å². The molecule has 0 amide bonds. The summed E-state index contributed by atoms with van der Waals surface area (Å²) in [5.74, 6) is 0.286. The third-order valence-corrected chi connectivity index (χ3v) is 5.13. The topological polar surface area (TPSA) is 40.6 Å². The Bertz CT molecular complexity index is 569. The van der Waals surface area contributed by atoms with Crippen molar-refractivity contribution in [3.8, 4) is 0 Å². The normalized spacial score (nSPS) is 19.9. The summed E-state index contributed by atoms with van der Waals surface area (Å²) in [5.41, 5.74) is 2.56. The van der Waals surface area contributed by atoms with Crippen LogP contribution >= 0.6 is 0 Å². The first-order chi connectivity index (χ1) is 9.87. The molecule has 4 nitrogen and oxygen atoms in total. The van der Waals surface area contributed by atoms with Crippen LogP contribution in [0.1, 0.15) is 30.9 Å². The number of anilines is 1. The zero-order chi connectivity index (χ0) is 15.5. The van der Waals surface area contributed by atoms with Crippen molar-refractivity contribution in [2.75, 3.05) is 44.1 Å². The third kappa shape index (κ3) is 4.71. The molecule has 1 aromatic rings. The summed E-state index contributed by atoms with van der Waals surface area (Å²) in [6, 6.07) is 9.10. The van der Waals surface area contributed by atoms with Crippen LogP contribution in [0.5, 0.6) is 0 Å². The monoisotopic (exact) mass is 310 g/mol. The number of nitrogens with zero attached hydrogens (tertiary/aromatic N) is 2. The van der Waals surface area contributed by atoms with E-state index in [1.165, 1.54) is 23.9 Å². The Morgan fingerprint density at radius 1 is 1.33 bits per heavy atom. The van der Waals surface area contributed by atoms with Crippen LogP contribution in [0.15, 0.2) is 24.3 Å². The van der Waals surface area contributed by atoms with Gasteiger partial charge in [0.2, 0.25) is 0 Å². The highest BCUT2D eigenvalue weighted by atomic mass is 32.2. The predicted octanol–water partition coefficient (Wildman–Crippen LogP) is 2.32. The van der Waals surface area contributed by atoms with E-state index in [1.54, 1.807) is 0 Å². The molecule has 1 aliphatic heterocycles. The molecule has 0 bridgehead atoms. The molecule has 21 heavy (non-hydrogen) atoms. The summed E-state index contributed by atoms with van der Waals surface area (Å²) < 4.78 is 22.5. The second-order valence-electron chi connectivity index (χ2n) is 6.17. The van der Waals surface area contributed by atoms with Crippen LogP contribution in [-0.2, 0) is 9.84 Å². The molecule has 0 aliphatic carbocycles. The summed E-state index contributed by atoms with van der Waals surface area (Å²) in [7, 11) is 1.26. The molecule has 1 aromatic carbocycles. The zero-order valence-corrected chi connectivity index (χ0v) is 14.1. The van der Waals surface area contributed by atoms with Gasteiger partial charge < -0.3 is 4.90 Å². The van der Waals surface area contributed by atoms with E-state index in [1.807, 2.05) is 0 Å². The Hall–Kier alpha value is -1.07. The van der Waals surface area contributed by atoms with Gasteiger partial charge in [0.25, 0.3) is 0 Å². The van der Waals surface area contributed by atoms with Gasteiger partial charge in [0.15, 0.2) is 0 Å². The minimum atomic E-state index is -2.85. The maximum atomic E-state index is 11.3. The molecular formula is C16H26N2O2S. The quantitative estimate of drug-likeness (QED) is 0.808. The fraction of sp³-hybridized carbons (Fsp3) is 0.625. The van der Waals surface area contributed by atoms with E-state index in [9.17, 15) is 8.42 Å². The Morgan fingerprint density at radius 3 is 2.76 bits per heavy atom. The molecule has 2 rings (SSSR count). The highest BCUT2D eigenvalue weighted by molar-refractivity contribution is 7.90. The third-order valence-electron chi connectivity index (χ3n) is 4.10. The van der Waals surface area contributed by atoms with Crippen LogP contribution in [0.25, 0.3) is 0 Å². The van der Waals surface area contributed by atoms with Gasteiger partial charge in [-0.1, -0.05) is 12.1 Å². The van der Waals surface area contributed by atoms with E-state index in [0.29, 0.717) is 6.04 Å². The molecule has 1 aliphatic rings. The van der Waals surface area contributed by atoms with Crippen molar-refractivity contribution in [2.24, 2.45) is 0 Å². The van der Waals surface area contributed by atoms with E-state index in [4.69, 9.17) is 0 Å². The second-order valence-corrected chi connectivity index (χ2v) is 8.43. The summed E-state index contributed by atoms with van der Waals surface area (Å²) >= 11 is 0. The first-order valence-corrected chi connectivity index (χ1v) is 9.62. The van der Waals surface area contributed by atoms with E-state index in [2.05, 4.69) is 48.2 Å². The lowest BCUT2D eigenvalue weighted by Gasteiger charge is -2.25. The lowest BCUT2D eigenvalue weighted by atomic mass is 10.0. The molecule has 1 unspecified atom stereocenters. The molecule has 0 saturated carbocycles. The van der Waals surface area contributed by atoms with Crippen LogP contribution in [0, 0.1) is 0 Å². The van der Waals surface area contributed by atoms with Gasteiger partial charge in [-0.2, -0.15) is 0 Å². The van der Waals surface area contributed by atoms with E-state index in [-0.39, 0.29) is 5.75 Å². The number of hydrogen-bond donors (Lipinski definition) is 0. The van der Waals surface area contributed by atoms with Crippen molar-refractivity contribution in [1.29, 1.82) is 0 Å². The summed E-state index contributed by atoms with van der Waals surface area (Å²) in [6.07, 6.45) is 4.39. The number of benzene rings is 1. The minimum Gasteiger partial charge on any atom is -0.378 e. The first kappa shape index (κ1) is 16.3. The van der Waals surface area contributed by atoms with Crippen LogP contribution in [0.4, 0.5) is 5.69 Å². The van der Waals surface area contributed by atoms with Crippen molar-refractivity contribution in [3.05, 3.63) is 29.8 Å². The van der Waals surface area contributed by atoms with E-state index in [0.717, 1.165) is 25.9 Å². The first-order valence-electron chi connectivity index (χ1n) is 7.56. The lowest BCUT2D eigenvalue weighted by molar-refractivity contribution is 0.258. The number of hydrogen-bond acceptors (Lipinski definition) is 4. The van der Waals surface area contributed by atoms with Gasteiger partial charge in [-0.3, -0.25) is 4.90 Å². The van der Waals surface area contributed by atoms with Gasteiger partial charge in [-0.05, 0) is 50.0 Å². The van der Waals surface area contributed by atoms with E-state index < -0.39 is 9.84 Å².